The average molecular weight is 451 g/mol. The molecule has 0 bridgehead atoms. The molecule has 10 heteroatoms. The Labute approximate surface area is 192 Å². The van der Waals surface area contributed by atoms with Gasteiger partial charge in [0.25, 0.3) is 0 Å². The Morgan fingerprint density at radius 1 is 1.00 bits per heavy atom. The Kier molecular flexibility index (Phi) is 6.50. The highest BCUT2D eigenvalue weighted by atomic mass is 32.1. The molecule has 4 aromatic rings. The molecule has 0 fully saturated rings. The topological polar surface area (TPSA) is 86.8 Å². The van der Waals surface area contributed by atoms with Crippen molar-refractivity contribution in [2.75, 3.05) is 17.7 Å². The second-order valence-electron chi connectivity index (χ2n) is 7.35. The quantitative estimate of drug-likeness (QED) is 0.397. The normalized spacial score (nSPS) is 10.8. The van der Waals surface area contributed by atoms with Gasteiger partial charge in [0, 0.05) is 30.2 Å². The minimum atomic E-state index is 0.473. The molecule has 32 heavy (non-hydrogen) atoms. The molecule has 0 aliphatic rings. The average Bonchev–Trinajstić information content (AvgIpc) is 3.50. The first-order chi connectivity index (χ1) is 15.5. The van der Waals surface area contributed by atoms with Crippen molar-refractivity contribution >= 4 is 28.7 Å². The van der Waals surface area contributed by atoms with Gasteiger partial charge in [-0.25, -0.2) is 0 Å². The van der Waals surface area contributed by atoms with Crippen LogP contribution in [0.5, 0.6) is 5.75 Å². The lowest BCUT2D eigenvalue weighted by atomic mass is 10.2. The highest BCUT2D eigenvalue weighted by Gasteiger charge is 2.08. The first-order valence-electron chi connectivity index (χ1n) is 10.3. The molecule has 0 unspecified atom stereocenters. The SMILES string of the molecule is CCn1ncc(Cn2cc(NC(=S)Nc3cnn(Cc4cccc(OC)c4)c3)cn2)c1C. The Bertz CT molecular complexity index is 1210. The number of methoxy groups -OCH3 is 1. The summed E-state index contributed by atoms with van der Waals surface area (Å²) in [7, 11) is 1.66. The van der Waals surface area contributed by atoms with Gasteiger partial charge in [0.05, 0.1) is 50.2 Å². The summed E-state index contributed by atoms with van der Waals surface area (Å²) in [4.78, 5) is 0. The van der Waals surface area contributed by atoms with Crippen molar-refractivity contribution in [1.29, 1.82) is 0 Å². The van der Waals surface area contributed by atoms with Crippen LogP contribution >= 0.6 is 12.2 Å². The minimum Gasteiger partial charge on any atom is -0.497 e. The van der Waals surface area contributed by atoms with Crippen LogP contribution in [0.15, 0.2) is 55.2 Å². The molecule has 0 aliphatic carbocycles. The molecular formula is C22H26N8OS. The number of hydrogen-bond donors (Lipinski definition) is 2. The maximum atomic E-state index is 5.44. The summed E-state index contributed by atoms with van der Waals surface area (Å²) < 4.78 is 11.0. The van der Waals surface area contributed by atoms with Gasteiger partial charge in [0.15, 0.2) is 5.11 Å². The van der Waals surface area contributed by atoms with Crippen LogP contribution in [0.4, 0.5) is 11.4 Å². The molecule has 0 amide bonds. The second kappa shape index (κ2) is 9.65. The summed E-state index contributed by atoms with van der Waals surface area (Å²) in [5, 5.41) is 20.0. The molecule has 4 rings (SSSR count). The van der Waals surface area contributed by atoms with Gasteiger partial charge in [-0.2, -0.15) is 15.3 Å². The lowest BCUT2D eigenvalue weighted by molar-refractivity contribution is 0.414. The Morgan fingerprint density at radius 3 is 2.31 bits per heavy atom. The van der Waals surface area contributed by atoms with E-state index >= 15 is 0 Å². The summed E-state index contributed by atoms with van der Waals surface area (Å²) in [6, 6.07) is 7.92. The van der Waals surface area contributed by atoms with Gasteiger partial charge in [0.1, 0.15) is 5.75 Å². The van der Waals surface area contributed by atoms with Crippen LogP contribution in [0.3, 0.4) is 0 Å². The van der Waals surface area contributed by atoms with Crippen LogP contribution in [0.1, 0.15) is 23.7 Å². The van der Waals surface area contributed by atoms with Crippen molar-refractivity contribution < 1.29 is 4.74 Å². The summed E-state index contributed by atoms with van der Waals surface area (Å²) in [5.41, 5.74) is 5.02. The summed E-state index contributed by atoms with van der Waals surface area (Å²) in [6.07, 6.45) is 9.21. The molecular weight excluding hydrogens is 424 g/mol. The summed E-state index contributed by atoms with van der Waals surface area (Å²) in [5.74, 6) is 0.827. The summed E-state index contributed by atoms with van der Waals surface area (Å²) in [6.45, 7) is 6.30. The monoisotopic (exact) mass is 450 g/mol. The van der Waals surface area contributed by atoms with Crippen molar-refractivity contribution in [3.8, 4) is 5.75 Å². The third kappa shape index (κ3) is 5.14. The largest absolute Gasteiger partial charge is 0.497 e. The number of ether oxygens (including phenoxy) is 1. The first-order valence-corrected chi connectivity index (χ1v) is 10.7. The molecule has 166 valence electrons. The van der Waals surface area contributed by atoms with Crippen LogP contribution in [0, 0.1) is 6.92 Å². The third-order valence-electron chi connectivity index (χ3n) is 5.10. The van der Waals surface area contributed by atoms with Crippen molar-refractivity contribution in [2.45, 2.75) is 33.5 Å². The molecule has 0 saturated heterocycles. The van der Waals surface area contributed by atoms with Crippen LogP contribution in [0.25, 0.3) is 0 Å². The standard InChI is InChI=1S/C22H26N8OS/c1-4-30-16(2)18(9-25-30)13-29-15-20(11-24-29)27-22(32)26-19-10-23-28(14-19)12-17-6-5-7-21(8-17)31-3/h5-11,14-15H,4,12-13H2,1-3H3,(H2,26,27,32). The van der Waals surface area contributed by atoms with Gasteiger partial charge in [-0.3, -0.25) is 14.0 Å². The smallest absolute Gasteiger partial charge is 0.175 e. The van der Waals surface area contributed by atoms with Crippen molar-refractivity contribution in [3.05, 3.63) is 72.1 Å². The van der Waals surface area contributed by atoms with E-state index in [2.05, 4.69) is 39.8 Å². The maximum absolute atomic E-state index is 5.44. The number of hydrogen-bond acceptors (Lipinski definition) is 5. The molecule has 0 saturated carbocycles. The fraction of sp³-hybridized carbons (Fsp3) is 0.273. The Balaban J connectivity index is 1.32. The maximum Gasteiger partial charge on any atom is 0.175 e. The predicted molar refractivity (Wildman–Crippen MR) is 128 cm³/mol. The fourth-order valence-electron chi connectivity index (χ4n) is 3.41. The van der Waals surface area contributed by atoms with E-state index in [1.807, 2.05) is 56.9 Å². The van der Waals surface area contributed by atoms with Gasteiger partial charge < -0.3 is 15.4 Å². The zero-order valence-electron chi connectivity index (χ0n) is 18.3. The number of benzene rings is 1. The van der Waals surface area contributed by atoms with Crippen LogP contribution in [0.2, 0.25) is 0 Å². The number of nitrogens with zero attached hydrogens (tertiary/aromatic N) is 6. The van der Waals surface area contributed by atoms with E-state index in [0.717, 1.165) is 40.5 Å². The summed E-state index contributed by atoms with van der Waals surface area (Å²) >= 11 is 5.44. The van der Waals surface area contributed by atoms with Gasteiger partial charge in [-0.1, -0.05) is 12.1 Å². The van der Waals surface area contributed by atoms with E-state index in [-0.39, 0.29) is 0 Å². The predicted octanol–water partition coefficient (Wildman–Crippen LogP) is 3.52. The molecule has 0 spiro atoms. The first kappa shape index (κ1) is 21.6. The molecule has 1 aromatic carbocycles. The fourth-order valence-corrected chi connectivity index (χ4v) is 3.65. The number of thiocarbonyl (C=S) groups is 1. The number of nitrogens with one attached hydrogen (secondary N) is 2. The molecule has 0 aliphatic heterocycles. The Morgan fingerprint density at radius 2 is 1.69 bits per heavy atom. The van der Waals surface area contributed by atoms with E-state index in [4.69, 9.17) is 17.0 Å². The molecule has 2 N–H and O–H groups in total. The number of aryl methyl sites for hydroxylation is 1. The molecule has 3 aromatic heterocycles. The van der Waals surface area contributed by atoms with Crippen molar-refractivity contribution in [3.63, 3.8) is 0 Å². The third-order valence-corrected chi connectivity index (χ3v) is 5.30. The van der Waals surface area contributed by atoms with Crippen molar-refractivity contribution in [1.82, 2.24) is 29.3 Å². The van der Waals surface area contributed by atoms with Gasteiger partial charge >= 0.3 is 0 Å². The molecule has 3 heterocycles. The van der Waals surface area contributed by atoms with Crippen LogP contribution in [-0.2, 0) is 19.6 Å². The second-order valence-corrected chi connectivity index (χ2v) is 7.76. The van der Waals surface area contributed by atoms with E-state index in [1.165, 1.54) is 0 Å². The number of rotatable bonds is 8. The van der Waals surface area contributed by atoms with Crippen LogP contribution in [-0.4, -0.2) is 41.6 Å². The van der Waals surface area contributed by atoms with E-state index in [1.54, 1.807) is 19.5 Å². The van der Waals surface area contributed by atoms with E-state index in [0.29, 0.717) is 18.2 Å². The van der Waals surface area contributed by atoms with Gasteiger partial charge in [-0.15, -0.1) is 0 Å². The highest BCUT2D eigenvalue weighted by molar-refractivity contribution is 7.80. The van der Waals surface area contributed by atoms with E-state index < -0.39 is 0 Å². The van der Waals surface area contributed by atoms with Crippen molar-refractivity contribution in [2.24, 2.45) is 0 Å². The zero-order valence-corrected chi connectivity index (χ0v) is 19.1. The number of anilines is 2. The lowest BCUT2D eigenvalue weighted by Crippen LogP contribution is -2.18. The Hall–Kier alpha value is -3.66. The minimum absolute atomic E-state index is 0.473. The molecule has 0 atom stereocenters. The number of aromatic nitrogens is 6. The zero-order chi connectivity index (χ0) is 22.5. The van der Waals surface area contributed by atoms with Gasteiger partial charge in [0.2, 0.25) is 0 Å². The van der Waals surface area contributed by atoms with Crippen LogP contribution < -0.4 is 15.4 Å². The molecule has 9 nitrogen and oxygen atoms in total. The highest BCUT2D eigenvalue weighted by Crippen LogP contribution is 2.15. The lowest BCUT2D eigenvalue weighted by Gasteiger charge is -2.07. The van der Waals surface area contributed by atoms with Gasteiger partial charge in [-0.05, 0) is 43.8 Å². The molecule has 0 radical (unpaired) electrons. The van der Waals surface area contributed by atoms with E-state index in [9.17, 15) is 0 Å².